The van der Waals surface area contributed by atoms with Gasteiger partial charge in [-0.15, -0.1) is 0 Å². The molecule has 7 rings (SSSR count). The fraction of sp³-hybridized carbons (Fsp3) is 0.926. The van der Waals surface area contributed by atoms with Gasteiger partial charge in [0, 0.05) is 39.7 Å². The van der Waals surface area contributed by atoms with Crippen molar-refractivity contribution in [1.29, 1.82) is 0 Å². The van der Waals surface area contributed by atoms with Gasteiger partial charge in [-0.2, -0.15) is 0 Å². The Morgan fingerprint density at radius 2 is 0.875 bits per heavy atom. The number of hydrogen-bond donors (Lipinski definition) is 24. The van der Waals surface area contributed by atoms with Crippen LogP contribution in [0.15, 0.2) is 0 Å². The van der Waals surface area contributed by atoms with E-state index < -0.39 is 297 Å². The molecule has 96 heavy (non-hydrogen) atoms. The number of carbonyl (C=O) groups excluding carboxylic acids is 3. The molecule has 14 unspecified atom stereocenters. The Morgan fingerprint density at radius 3 is 1.33 bits per heavy atom. The maximum Gasteiger partial charge on any atom is 0.364 e. The lowest BCUT2D eigenvalue weighted by Crippen LogP contribution is -2.71. The number of nitrogens with one attached hydrogen (secondary N) is 3. The maximum atomic E-state index is 12.9. The van der Waals surface area contributed by atoms with E-state index in [-0.39, 0.29) is 13.2 Å². The molecule has 7 saturated heterocycles. The van der Waals surface area contributed by atoms with Gasteiger partial charge in [0.2, 0.25) is 17.7 Å². The van der Waals surface area contributed by atoms with Crippen molar-refractivity contribution in [2.24, 2.45) is 11.7 Å². The first-order valence-corrected chi connectivity index (χ1v) is 30.7. The molecule has 0 aliphatic carbocycles. The Kier molecular flexibility index (Phi) is 29.1. The minimum Gasteiger partial charge on any atom is -0.477 e. The quantitative estimate of drug-likeness (QED) is 0.0346. The van der Waals surface area contributed by atoms with Gasteiger partial charge in [-0.1, -0.05) is 6.92 Å². The lowest BCUT2D eigenvalue weighted by atomic mass is 9.84. The Balaban J connectivity index is 1.10. The first kappa shape index (κ1) is 79.8. The second-order valence-corrected chi connectivity index (χ2v) is 24.2. The van der Waals surface area contributed by atoms with E-state index in [2.05, 4.69) is 16.0 Å². The number of amides is 3. The molecular formula is C54H92N4O38. The number of carboxylic acids is 1. The topological polar surface area (TPSA) is 664 Å². The van der Waals surface area contributed by atoms with Gasteiger partial charge < -0.3 is 190 Å². The lowest BCUT2D eigenvalue weighted by molar-refractivity contribution is -0.395. The van der Waals surface area contributed by atoms with Crippen LogP contribution in [0.1, 0.15) is 34.1 Å². The van der Waals surface area contributed by atoms with E-state index >= 15 is 0 Å². The van der Waals surface area contributed by atoms with Crippen LogP contribution in [-0.4, -0.2) is 399 Å². The van der Waals surface area contributed by atoms with Crippen LogP contribution in [0.5, 0.6) is 0 Å². The van der Waals surface area contributed by atoms with Crippen molar-refractivity contribution in [3.05, 3.63) is 0 Å². The fourth-order valence-corrected chi connectivity index (χ4v) is 12.3. The molecule has 0 aromatic rings. The number of hydrogen-bond acceptors (Lipinski definition) is 38. The highest BCUT2D eigenvalue weighted by molar-refractivity contribution is 5.76. The summed E-state index contributed by atoms with van der Waals surface area (Å²) in [6.07, 6.45) is -62.1. The van der Waals surface area contributed by atoms with Crippen LogP contribution in [0.4, 0.5) is 0 Å². The monoisotopic (exact) mass is 1400 g/mol. The zero-order valence-corrected chi connectivity index (χ0v) is 52.1. The largest absolute Gasteiger partial charge is 0.477 e. The summed E-state index contributed by atoms with van der Waals surface area (Å²) in [4.78, 5) is 50.6. The zero-order valence-electron chi connectivity index (χ0n) is 52.1. The molecule has 7 aliphatic heterocycles. The summed E-state index contributed by atoms with van der Waals surface area (Å²) >= 11 is 0. The predicted octanol–water partition coefficient (Wildman–Crippen LogP) is -15.4. The lowest BCUT2D eigenvalue weighted by Gasteiger charge is -2.51. The highest BCUT2D eigenvalue weighted by atomic mass is 16.8. The van der Waals surface area contributed by atoms with Gasteiger partial charge in [-0.05, 0) is 0 Å². The Hall–Kier alpha value is -3.48. The van der Waals surface area contributed by atoms with E-state index in [0.29, 0.717) is 0 Å². The summed E-state index contributed by atoms with van der Waals surface area (Å²) in [5.74, 6) is -8.27. The smallest absolute Gasteiger partial charge is 0.364 e. The number of rotatable bonds is 28. The van der Waals surface area contributed by atoms with E-state index in [1.165, 1.54) is 6.92 Å². The number of aliphatic hydroxyl groups is 19. The Morgan fingerprint density at radius 1 is 0.479 bits per heavy atom. The van der Waals surface area contributed by atoms with Gasteiger partial charge in [0.15, 0.2) is 37.7 Å². The minimum atomic E-state index is -2.87. The van der Waals surface area contributed by atoms with Crippen molar-refractivity contribution >= 4 is 23.7 Å². The summed E-state index contributed by atoms with van der Waals surface area (Å²) in [6, 6.07) is -5.06. The van der Waals surface area contributed by atoms with E-state index in [1.807, 2.05) is 0 Å². The third-order valence-electron chi connectivity index (χ3n) is 17.5. The molecule has 0 radical (unpaired) electrons. The maximum absolute atomic E-state index is 12.9. The molecular weight excluding hydrogens is 1310 g/mol. The number of nitrogens with two attached hydrogens (primary N) is 1. The summed E-state index contributed by atoms with van der Waals surface area (Å²) in [5, 5.41) is 227. The molecule has 0 aromatic carbocycles. The van der Waals surface area contributed by atoms with Crippen LogP contribution in [0.25, 0.3) is 0 Å². The van der Waals surface area contributed by atoms with Crippen molar-refractivity contribution < 1.29 is 188 Å². The van der Waals surface area contributed by atoms with Crippen LogP contribution in [0.2, 0.25) is 0 Å². The molecule has 7 fully saturated rings. The van der Waals surface area contributed by atoms with Crippen molar-refractivity contribution in [2.75, 3.05) is 59.4 Å². The van der Waals surface area contributed by atoms with Gasteiger partial charge in [0.25, 0.3) is 5.79 Å². The van der Waals surface area contributed by atoms with E-state index in [1.54, 1.807) is 0 Å². The molecule has 42 heteroatoms. The van der Waals surface area contributed by atoms with Crippen molar-refractivity contribution in [1.82, 2.24) is 16.0 Å². The zero-order chi connectivity index (χ0) is 71.1. The molecule has 0 spiro atoms. The summed E-state index contributed by atoms with van der Waals surface area (Å²) in [7, 11) is 0. The predicted molar refractivity (Wildman–Crippen MR) is 300 cm³/mol. The third-order valence-corrected chi connectivity index (χ3v) is 17.5. The first-order valence-electron chi connectivity index (χ1n) is 30.7. The summed E-state index contributed by atoms with van der Waals surface area (Å²) < 4.78 is 81.8. The van der Waals surface area contributed by atoms with Crippen molar-refractivity contribution in [3.63, 3.8) is 0 Å². The van der Waals surface area contributed by atoms with Crippen LogP contribution < -0.4 is 21.7 Å². The van der Waals surface area contributed by atoms with Crippen LogP contribution >= 0.6 is 0 Å². The SMILES string of the molecule is CC(=O)NC1[C@H](OCCN)OC(CO)[C@@H](O[C@@H]2OC(CO)[C@@H](O[C@@H]3OC(CO)[C@@H](O)[C@H](O[C@H]4OC(CO)[C@@H](O)C(O)C4O[C@@H]4OC(CO)[C@@H](O[C@@H]5OC(CO[C@]6(C(=O)O)C[C@@H](O)[C@@H](C)C([C@H](O)[C@H](O)CO)O6)[C@H](O)[C@H](O)C5O)[C@H](O)C4NC(C)=O)C3O)[C@H](O)C2NC(C)=O)[C@@H]1O. The van der Waals surface area contributed by atoms with Gasteiger partial charge in [-0.25, -0.2) is 4.79 Å². The molecule has 7 aliphatic rings. The first-order chi connectivity index (χ1) is 45.3. The molecule has 556 valence electrons. The normalized spacial score (nSPS) is 46.1. The number of aliphatic carboxylic acids is 1. The van der Waals surface area contributed by atoms with Crippen LogP contribution in [-0.2, 0) is 85.5 Å². The number of carbonyl (C=O) groups is 4. The van der Waals surface area contributed by atoms with E-state index in [4.69, 9.17) is 72.0 Å². The average Bonchev–Trinajstić information content (AvgIpc) is 0.778. The molecule has 3 amide bonds. The van der Waals surface area contributed by atoms with Gasteiger partial charge in [-0.3, -0.25) is 14.4 Å². The minimum absolute atomic E-state index is 0.0151. The van der Waals surface area contributed by atoms with Crippen molar-refractivity contribution in [2.45, 2.75) is 248 Å². The van der Waals surface area contributed by atoms with Gasteiger partial charge >= 0.3 is 5.97 Å². The molecule has 36 atom stereocenters. The Labute approximate surface area is 545 Å². The van der Waals surface area contributed by atoms with E-state index in [0.717, 1.165) is 20.8 Å². The molecule has 0 aromatic heterocycles. The highest BCUT2D eigenvalue weighted by Gasteiger charge is 2.60. The molecule has 25 N–H and O–H groups in total. The molecule has 42 nitrogen and oxygen atoms in total. The Bertz CT molecular complexity index is 2480. The van der Waals surface area contributed by atoms with Crippen LogP contribution in [0.3, 0.4) is 0 Å². The second kappa shape index (κ2) is 34.9. The number of aliphatic hydroxyl groups excluding tert-OH is 19. The third kappa shape index (κ3) is 17.7. The molecule has 7 heterocycles. The van der Waals surface area contributed by atoms with E-state index in [9.17, 15) is 121 Å². The van der Waals surface area contributed by atoms with Gasteiger partial charge in [0.1, 0.15) is 159 Å². The van der Waals surface area contributed by atoms with Gasteiger partial charge in [0.05, 0.1) is 65.1 Å². The molecule has 0 bridgehead atoms. The summed E-state index contributed by atoms with van der Waals surface area (Å²) in [5.41, 5.74) is 5.57. The average molecular weight is 1410 g/mol. The van der Waals surface area contributed by atoms with Crippen LogP contribution in [0, 0.1) is 5.92 Å². The standard InChI is InChI=1S/C54H92N4O38/c1-15-19(68)7-54(53(81)82,96-41(15)30(70)20(69)8-59)84-14-26-32(72)37(77)39(79)50(90-26)92-43-24(12-63)89-49(29(36(43)76)58-18(4)67)95-46-38(78)31(71)21(9-60)86-52(46)94-45-33(73)22(10-61)85-51(40(45)80)93-44-25(13-64)88-48(28(35(44)75)57-17(3)66)91-42-23(11-62)87-47(83-6-5-55)27(34(42)74)56-16(2)65/h15,19-52,59-64,68-80H,5-14,55H2,1-4H3,(H,56,65)(H,57,66)(H,58,67)(H,81,82)/t15-,19-,20-,21?,22?,23?,24?,25?,26?,27?,28?,29?,30-,31-,32+,33-,34-,35-,36-,37+,38?,39?,40?,41?,42-,43-,44-,45+,46?,47-,48+,49+,50+,51+,52-,54-/m1/s1. The highest BCUT2D eigenvalue weighted by Crippen LogP contribution is 2.40. The fourth-order valence-electron chi connectivity index (χ4n) is 12.3. The molecule has 0 saturated carbocycles. The number of ether oxygens (including phenoxy) is 14. The number of carboxylic acid groups (broad SMARTS) is 1. The second-order valence-electron chi connectivity index (χ2n) is 24.2. The summed E-state index contributed by atoms with van der Waals surface area (Å²) in [6.45, 7) is -3.06. The van der Waals surface area contributed by atoms with Crippen molar-refractivity contribution in [3.8, 4) is 0 Å².